The highest BCUT2D eigenvalue weighted by Gasteiger charge is 2.19. The monoisotopic (exact) mass is 517 g/mol. The van der Waals surface area contributed by atoms with Crippen molar-refractivity contribution in [3.05, 3.63) is 76.7 Å². The molecule has 2 amide bonds. The molecule has 1 fully saturated rings. The van der Waals surface area contributed by atoms with Crippen LogP contribution in [0.2, 0.25) is 0 Å². The molecule has 0 aliphatic carbocycles. The van der Waals surface area contributed by atoms with Crippen molar-refractivity contribution in [1.29, 1.82) is 0 Å². The van der Waals surface area contributed by atoms with Gasteiger partial charge in [-0.25, -0.2) is 0 Å². The zero-order valence-electron chi connectivity index (χ0n) is 20.8. The summed E-state index contributed by atoms with van der Waals surface area (Å²) in [6, 6.07) is 19.7. The molecule has 2 aromatic carbocycles. The van der Waals surface area contributed by atoms with E-state index < -0.39 is 0 Å². The number of nitrogens with zero attached hydrogens (tertiary/aromatic N) is 2. The fourth-order valence-corrected chi connectivity index (χ4v) is 5.37. The molecule has 1 unspecified atom stereocenters. The number of amides is 2. The summed E-state index contributed by atoms with van der Waals surface area (Å²) in [4.78, 5) is 29.4. The number of benzene rings is 2. The number of aromatic nitrogens is 2. The van der Waals surface area contributed by atoms with Crippen molar-refractivity contribution >= 4 is 44.9 Å². The Morgan fingerprint density at radius 1 is 1.08 bits per heavy atom. The first-order valence-electron chi connectivity index (χ1n) is 12.7. The summed E-state index contributed by atoms with van der Waals surface area (Å²) in [5, 5.41) is 14.0. The second-order valence-corrected chi connectivity index (χ2v) is 10.2. The zero-order valence-corrected chi connectivity index (χ0v) is 21.6. The molecule has 1 atom stereocenters. The number of hydrogen-bond acceptors (Lipinski definition) is 6. The lowest BCUT2D eigenvalue weighted by molar-refractivity contribution is 0.0937. The molecule has 1 saturated heterocycles. The summed E-state index contributed by atoms with van der Waals surface area (Å²) < 4.78 is 5.41. The number of morpholine rings is 1. The van der Waals surface area contributed by atoms with Crippen molar-refractivity contribution in [1.82, 2.24) is 15.5 Å². The van der Waals surface area contributed by atoms with Gasteiger partial charge in [0.25, 0.3) is 11.8 Å². The summed E-state index contributed by atoms with van der Waals surface area (Å²) in [7, 11) is 0. The van der Waals surface area contributed by atoms with Crippen LogP contribution >= 0.6 is 11.3 Å². The predicted molar refractivity (Wildman–Crippen MR) is 148 cm³/mol. The number of anilines is 2. The van der Waals surface area contributed by atoms with Gasteiger partial charge in [-0.05, 0) is 55.2 Å². The fraction of sp³-hybridized carbons (Fsp3) is 0.321. The van der Waals surface area contributed by atoms with Gasteiger partial charge in [0.1, 0.15) is 10.6 Å². The molecule has 4 aromatic rings. The number of carbonyl (C=O) groups is 2. The third-order valence-corrected chi connectivity index (χ3v) is 7.70. The standard InChI is InChI=1S/C28H31N5O3S/c1-2-21(11-8-19-6-4-3-5-7-19)29-27(35)24-18-23-25(31-32-28(23)37-24)30-26(34)20-9-12-22(13-10-20)33-14-16-36-17-15-33/h3-7,9-10,12-13,18,21H,2,8,11,14-17H2,1H3,(H,29,35)(H2,30,31,32,34). The number of H-pyrrole nitrogens is 1. The largest absolute Gasteiger partial charge is 0.378 e. The van der Waals surface area contributed by atoms with Gasteiger partial charge in [0.05, 0.1) is 23.5 Å². The third kappa shape index (κ3) is 6.00. The Bertz CT molecular complexity index is 1340. The summed E-state index contributed by atoms with van der Waals surface area (Å²) in [5.74, 6) is 0.144. The van der Waals surface area contributed by atoms with E-state index in [4.69, 9.17) is 4.74 Å². The van der Waals surface area contributed by atoms with Crippen LogP contribution in [-0.2, 0) is 11.2 Å². The Hall–Kier alpha value is -3.69. The lowest BCUT2D eigenvalue weighted by atomic mass is 10.0. The maximum absolute atomic E-state index is 13.0. The van der Waals surface area contributed by atoms with E-state index in [1.165, 1.54) is 16.9 Å². The molecule has 3 heterocycles. The van der Waals surface area contributed by atoms with E-state index >= 15 is 0 Å². The van der Waals surface area contributed by atoms with Gasteiger partial charge in [0.15, 0.2) is 0 Å². The molecular weight excluding hydrogens is 486 g/mol. The Balaban J connectivity index is 1.21. The van der Waals surface area contributed by atoms with E-state index in [0.717, 1.165) is 43.4 Å². The van der Waals surface area contributed by atoms with E-state index in [9.17, 15) is 9.59 Å². The molecule has 8 nitrogen and oxygen atoms in total. The van der Waals surface area contributed by atoms with Gasteiger partial charge < -0.3 is 20.3 Å². The van der Waals surface area contributed by atoms with E-state index in [-0.39, 0.29) is 17.9 Å². The highest BCUT2D eigenvalue weighted by Crippen LogP contribution is 2.30. The van der Waals surface area contributed by atoms with Crippen molar-refractivity contribution in [2.45, 2.75) is 32.2 Å². The van der Waals surface area contributed by atoms with Crippen LogP contribution in [0.3, 0.4) is 0 Å². The number of fused-ring (bicyclic) bond motifs is 1. The molecule has 1 aliphatic heterocycles. The highest BCUT2D eigenvalue weighted by atomic mass is 32.1. The van der Waals surface area contributed by atoms with Crippen molar-refractivity contribution in [3.63, 3.8) is 0 Å². The first-order chi connectivity index (χ1) is 18.1. The summed E-state index contributed by atoms with van der Waals surface area (Å²) in [6.45, 7) is 5.20. The summed E-state index contributed by atoms with van der Waals surface area (Å²) >= 11 is 1.31. The Morgan fingerprint density at radius 2 is 1.84 bits per heavy atom. The number of hydrogen-bond donors (Lipinski definition) is 3. The van der Waals surface area contributed by atoms with Crippen molar-refractivity contribution in [3.8, 4) is 0 Å². The molecular formula is C28H31N5O3S. The minimum absolute atomic E-state index is 0.0864. The molecule has 37 heavy (non-hydrogen) atoms. The van der Waals surface area contributed by atoms with Gasteiger partial charge in [0.2, 0.25) is 0 Å². The van der Waals surface area contributed by atoms with E-state index in [1.54, 1.807) is 6.07 Å². The van der Waals surface area contributed by atoms with Crippen molar-refractivity contribution < 1.29 is 14.3 Å². The number of thiophene rings is 1. The Morgan fingerprint density at radius 3 is 2.57 bits per heavy atom. The molecule has 192 valence electrons. The topological polar surface area (TPSA) is 99.4 Å². The van der Waals surface area contributed by atoms with Crippen LogP contribution in [0.15, 0.2) is 60.7 Å². The molecule has 2 aromatic heterocycles. The van der Waals surface area contributed by atoms with Crippen LogP contribution < -0.4 is 15.5 Å². The number of rotatable bonds is 9. The second-order valence-electron chi connectivity index (χ2n) is 9.13. The average molecular weight is 518 g/mol. The normalized spacial score (nSPS) is 14.5. The van der Waals surface area contributed by atoms with Crippen molar-refractivity contribution in [2.75, 3.05) is 36.5 Å². The maximum Gasteiger partial charge on any atom is 0.261 e. The maximum atomic E-state index is 13.0. The molecule has 0 spiro atoms. The van der Waals surface area contributed by atoms with Gasteiger partial charge in [0, 0.05) is 30.4 Å². The number of carbonyl (C=O) groups excluding carboxylic acids is 2. The second kappa shape index (κ2) is 11.6. The van der Waals surface area contributed by atoms with Crippen LogP contribution in [0.4, 0.5) is 11.5 Å². The van der Waals surface area contributed by atoms with Gasteiger partial charge >= 0.3 is 0 Å². The first kappa shape index (κ1) is 25.0. The lowest BCUT2D eigenvalue weighted by Gasteiger charge is -2.28. The third-order valence-electron chi connectivity index (χ3n) is 6.67. The van der Waals surface area contributed by atoms with Crippen LogP contribution in [-0.4, -0.2) is 54.4 Å². The molecule has 3 N–H and O–H groups in total. The SMILES string of the molecule is CCC(CCc1ccccc1)NC(=O)c1cc2c(NC(=O)c3ccc(N4CCOCC4)cc3)[nH]nc2s1. The molecule has 5 rings (SSSR count). The van der Waals surface area contributed by atoms with Gasteiger partial charge in [-0.3, -0.25) is 14.7 Å². The zero-order chi connectivity index (χ0) is 25.6. The summed E-state index contributed by atoms with van der Waals surface area (Å²) in [5.41, 5.74) is 2.89. The fourth-order valence-electron chi connectivity index (χ4n) is 4.47. The quantitative estimate of drug-likeness (QED) is 0.295. The molecule has 9 heteroatoms. The van der Waals surface area contributed by atoms with E-state index in [2.05, 4.69) is 44.8 Å². The number of aromatic amines is 1. The first-order valence-corrected chi connectivity index (χ1v) is 13.5. The van der Waals surface area contributed by atoms with Crippen molar-refractivity contribution in [2.24, 2.45) is 0 Å². The Kier molecular flexibility index (Phi) is 7.82. The molecule has 0 bridgehead atoms. The minimum atomic E-state index is -0.233. The van der Waals surface area contributed by atoms with Gasteiger partial charge in [-0.15, -0.1) is 11.3 Å². The van der Waals surface area contributed by atoms with Crippen LogP contribution in [0, 0.1) is 0 Å². The number of ether oxygens (including phenoxy) is 1. The highest BCUT2D eigenvalue weighted by molar-refractivity contribution is 7.20. The Labute approximate surface area is 220 Å². The average Bonchev–Trinajstić information content (AvgIpc) is 3.54. The molecule has 1 aliphatic rings. The number of nitrogens with one attached hydrogen (secondary N) is 3. The number of aryl methyl sites for hydroxylation is 1. The lowest BCUT2D eigenvalue weighted by Crippen LogP contribution is -2.36. The van der Waals surface area contributed by atoms with Gasteiger partial charge in [-0.1, -0.05) is 37.3 Å². The van der Waals surface area contributed by atoms with Crippen LogP contribution in [0.1, 0.15) is 45.4 Å². The predicted octanol–water partition coefficient (Wildman–Crippen LogP) is 4.85. The van der Waals surface area contributed by atoms with Crippen LogP contribution in [0.25, 0.3) is 10.2 Å². The summed E-state index contributed by atoms with van der Waals surface area (Å²) in [6.07, 6.45) is 2.64. The van der Waals surface area contributed by atoms with Gasteiger partial charge in [-0.2, -0.15) is 5.10 Å². The van der Waals surface area contributed by atoms with E-state index in [0.29, 0.717) is 34.3 Å². The van der Waals surface area contributed by atoms with E-state index in [1.807, 2.05) is 42.5 Å². The molecule has 0 radical (unpaired) electrons. The van der Waals surface area contributed by atoms with Crippen LogP contribution in [0.5, 0.6) is 0 Å². The molecule has 0 saturated carbocycles. The minimum Gasteiger partial charge on any atom is -0.378 e. The smallest absolute Gasteiger partial charge is 0.261 e.